The van der Waals surface area contributed by atoms with Crippen molar-refractivity contribution in [2.75, 3.05) is 44.0 Å². The highest BCUT2D eigenvalue weighted by Crippen LogP contribution is 2.28. The molecule has 4 rings (SSSR count). The van der Waals surface area contributed by atoms with Gasteiger partial charge in [0.25, 0.3) is 0 Å². The summed E-state index contributed by atoms with van der Waals surface area (Å²) >= 11 is 0. The molecule has 0 radical (unpaired) electrons. The summed E-state index contributed by atoms with van der Waals surface area (Å²) in [5.74, 6) is 1.39. The number of nitrogens with zero attached hydrogens (tertiary/aromatic N) is 6. The van der Waals surface area contributed by atoms with Crippen LogP contribution < -0.4 is 15.0 Å². The first-order valence-electron chi connectivity index (χ1n) is 10.8. The molecule has 1 aliphatic rings. The molecule has 0 aliphatic carbocycles. The SMILES string of the molecule is CN(C)c1ccc(Nc2nccc(-c3ccc(O[C@@H]4CCN(C(=O)CO)C4)c(C#N)c3)n2)cn1. The smallest absolute Gasteiger partial charge is 0.248 e. The van der Waals surface area contributed by atoms with Crippen molar-refractivity contribution < 1.29 is 14.6 Å². The van der Waals surface area contributed by atoms with Crippen molar-refractivity contribution in [1.29, 1.82) is 5.26 Å². The standard InChI is InChI=1S/C24H25N7O3/c1-30(2)22-6-4-18(13-27-22)28-24-26-9-7-20(29-24)16-3-5-21(17(11-16)12-25)34-19-8-10-31(14-19)23(33)15-32/h3-7,9,11,13,19,32H,8,10,14-15H2,1-2H3,(H,26,28,29)/t19-/m1/s1. The van der Waals surface area contributed by atoms with E-state index in [1.807, 2.05) is 37.2 Å². The van der Waals surface area contributed by atoms with Crippen LogP contribution >= 0.6 is 0 Å². The molecule has 3 aromatic rings. The van der Waals surface area contributed by atoms with Gasteiger partial charge in [0.05, 0.1) is 29.7 Å². The van der Waals surface area contributed by atoms with Crippen molar-refractivity contribution in [3.8, 4) is 23.1 Å². The Bertz CT molecular complexity index is 1210. The van der Waals surface area contributed by atoms with E-state index in [0.717, 1.165) is 17.1 Å². The normalized spacial score (nSPS) is 15.0. The van der Waals surface area contributed by atoms with E-state index in [9.17, 15) is 10.1 Å². The molecule has 1 atom stereocenters. The van der Waals surface area contributed by atoms with E-state index in [2.05, 4.69) is 26.3 Å². The monoisotopic (exact) mass is 459 g/mol. The Balaban J connectivity index is 1.48. The van der Waals surface area contributed by atoms with Crippen LogP contribution in [-0.4, -0.2) is 70.8 Å². The second-order valence-electron chi connectivity index (χ2n) is 8.04. The molecule has 34 heavy (non-hydrogen) atoms. The summed E-state index contributed by atoms with van der Waals surface area (Å²) in [5.41, 5.74) is 2.54. The van der Waals surface area contributed by atoms with Gasteiger partial charge in [0.15, 0.2) is 0 Å². The average Bonchev–Trinajstić information content (AvgIpc) is 3.33. The molecule has 0 bridgehead atoms. The van der Waals surface area contributed by atoms with Gasteiger partial charge in [-0.3, -0.25) is 4.79 Å². The highest BCUT2D eigenvalue weighted by Gasteiger charge is 2.27. The van der Waals surface area contributed by atoms with Crippen LogP contribution in [0.2, 0.25) is 0 Å². The van der Waals surface area contributed by atoms with E-state index in [1.54, 1.807) is 35.5 Å². The zero-order valence-electron chi connectivity index (χ0n) is 19.0. The van der Waals surface area contributed by atoms with Gasteiger partial charge in [0.1, 0.15) is 30.3 Å². The number of carbonyl (C=O) groups is 1. The number of aliphatic hydroxyl groups is 1. The molecule has 1 aliphatic heterocycles. The first-order valence-corrected chi connectivity index (χ1v) is 10.8. The summed E-state index contributed by atoms with van der Waals surface area (Å²) in [6.45, 7) is 0.393. The van der Waals surface area contributed by atoms with E-state index in [1.165, 1.54) is 0 Å². The van der Waals surface area contributed by atoms with E-state index >= 15 is 0 Å². The molecule has 1 fully saturated rings. The summed E-state index contributed by atoms with van der Waals surface area (Å²) < 4.78 is 5.99. The third-order valence-corrected chi connectivity index (χ3v) is 5.44. The molecular weight excluding hydrogens is 434 g/mol. The van der Waals surface area contributed by atoms with Crippen molar-refractivity contribution in [2.24, 2.45) is 0 Å². The zero-order valence-corrected chi connectivity index (χ0v) is 19.0. The summed E-state index contributed by atoms with van der Waals surface area (Å²) in [6, 6.07) is 13.0. The Hall–Kier alpha value is -4.23. The molecule has 3 heterocycles. The lowest BCUT2D eigenvalue weighted by Gasteiger charge is -2.17. The van der Waals surface area contributed by atoms with Crippen LogP contribution in [0.15, 0.2) is 48.8 Å². The Labute approximate surface area is 197 Å². The second-order valence-corrected chi connectivity index (χ2v) is 8.04. The van der Waals surface area contributed by atoms with Gasteiger partial charge in [-0.15, -0.1) is 0 Å². The summed E-state index contributed by atoms with van der Waals surface area (Å²) in [7, 11) is 3.85. The van der Waals surface area contributed by atoms with Gasteiger partial charge >= 0.3 is 0 Å². The maximum absolute atomic E-state index is 11.7. The fourth-order valence-corrected chi connectivity index (χ4v) is 3.64. The minimum atomic E-state index is -0.515. The number of carbonyl (C=O) groups excluding carboxylic acids is 1. The molecule has 1 aromatic carbocycles. The number of rotatable bonds is 7. The lowest BCUT2D eigenvalue weighted by molar-refractivity contribution is -0.133. The van der Waals surface area contributed by atoms with Gasteiger partial charge in [0, 0.05) is 38.8 Å². The molecular formula is C24H25N7O3. The molecule has 10 nitrogen and oxygen atoms in total. The molecule has 1 saturated heterocycles. The molecule has 2 N–H and O–H groups in total. The van der Waals surface area contributed by atoms with Gasteiger partial charge in [-0.05, 0) is 36.4 Å². The van der Waals surface area contributed by atoms with E-state index < -0.39 is 6.61 Å². The number of amides is 1. The first-order chi connectivity index (χ1) is 16.5. The van der Waals surface area contributed by atoms with E-state index in [0.29, 0.717) is 42.5 Å². The number of ether oxygens (including phenoxy) is 1. The molecule has 174 valence electrons. The summed E-state index contributed by atoms with van der Waals surface area (Å²) in [6.07, 6.45) is 3.78. The highest BCUT2D eigenvalue weighted by molar-refractivity contribution is 5.77. The number of nitriles is 1. The fraction of sp³-hybridized carbons (Fsp3) is 0.292. The van der Waals surface area contributed by atoms with Crippen LogP contribution in [0.3, 0.4) is 0 Å². The third-order valence-electron chi connectivity index (χ3n) is 5.44. The number of pyridine rings is 1. The minimum absolute atomic E-state index is 0.226. The van der Waals surface area contributed by atoms with Crippen molar-refractivity contribution in [3.05, 3.63) is 54.4 Å². The summed E-state index contributed by atoms with van der Waals surface area (Å²) in [4.78, 5) is 28.4. The Morgan fingerprint density at radius 2 is 2.15 bits per heavy atom. The van der Waals surface area contributed by atoms with Gasteiger partial charge in [0.2, 0.25) is 11.9 Å². The van der Waals surface area contributed by atoms with Crippen LogP contribution in [0.25, 0.3) is 11.3 Å². The number of hydrogen-bond acceptors (Lipinski definition) is 9. The van der Waals surface area contributed by atoms with Crippen molar-refractivity contribution in [3.63, 3.8) is 0 Å². The predicted molar refractivity (Wildman–Crippen MR) is 127 cm³/mol. The molecule has 0 spiro atoms. The van der Waals surface area contributed by atoms with E-state index in [4.69, 9.17) is 9.84 Å². The van der Waals surface area contributed by atoms with Gasteiger partial charge in [-0.2, -0.15) is 5.26 Å². The average molecular weight is 460 g/mol. The minimum Gasteiger partial charge on any atom is -0.487 e. The number of hydrogen-bond donors (Lipinski definition) is 2. The molecule has 1 amide bonds. The Morgan fingerprint density at radius 1 is 1.29 bits per heavy atom. The van der Waals surface area contributed by atoms with Crippen molar-refractivity contribution >= 4 is 23.4 Å². The van der Waals surface area contributed by atoms with Gasteiger partial charge in [-0.25, -0.2) is 15.0 Å². The number of benzene rings is 1. The largest absolute Gasteiger partial charge is 0.487 e. The fourth-order valence-electron chi connectivity index (χ4n) is 3.64. The van der Waals surface area contributed by atoms with Crippen LogP contribution in [0.4, 0.5) is 17.5 Å². The second kappa shape index (κ2) is 10.1. The zero-order chi connectivity index (χ0) is 24.1. The third kappa shape index (κ3) is 5.22. The van der Waals surface area contributed by atoms with E-state index in [-0.39, 0.29) is 12.0 Å². The lowest BCUT2D eigenvalue weighted by Crippen LogP contribution is -2.32. The molecule has 0 unspecified atom stereocenters. The predicted octanol–water partition coefficient (Wildman–Crippen LogP) is 2.19. The van der Waals surface area contributed by atoms with Gasteiger partial charge < -0.3 is 25.0 Å². The topological polar surface area (TPSA) is 128 Å². The van der Waals surface area contributed by atoms with Crippen LogP contribution in [0, 0.1) is 11.3 Å². The quantitative estimate of drug-likeness (QED) is 0.546. The first kappa shape index (κ1) is 22.9. The maximum atomic E-state index is 11.7. The van der Waals surface area contributed by atoms with Gasteiger partial charge in [-0.1, -0.05) is 0 Å². The number of aromatic nitrogens is 3. The maximum Gasteiger partial charge on any atom is 0.248 e. The Kier molecular flexibility index (Phi) is 6.85. The van der Waals surface area contributed by atoms with Crippen LogP contribution in [0.1, 0.15) is 12.0 Å². The molecule has 10 heteroatoms. The van der Waals surface area contributed by atoms with Crippen LogP contribution in [0.5, 0.6) is 5.75 Å². The molecule has 0 saturated carbocycles. The number of aliphatic hydroxyl groups excluding tert-OH is 1. The number of nitrogens with one attached hydrogen (secondary N) is 1. The lowest BCUT2D eigenvalue weighted by atomic mass is 10.1. The Morgan fingerprint density at radius 3 is 2.85 bits per heavy atom. The van der Waals surface area contributed by atoms with Crippen LogP contribution in [-0.2, 0) is 4.79 Å². The van der Waals surface area contributed by atoms with Crippen molar-refractivity contribution in [2.45, 2.75) is 12.5 Å². The highest BCUT2D eigenvalue weighted by atomic mass is 16.5. The number of likely N-dealkylation sites (tertiary alicyclic amines) is 1. The van der Waals surface area contributed by atoms with Crippen molar-refractivity contribution in [1.82, 2.24) is 19.9 Å². The summed E-state index contributed by atoms with van der Waals surface area (Å²) in [5, 5.41) is 21.8. The molecule has 2 aromatic heterocycles. The number of anilines is 3.